The summed E-state index contributed by atoms with van der Waals surface area (Å²) in [6, 6.07) is 4.10. The number of aromatic nitrogens is 1. The van der Waals surface area contributed by atoms with E-state index in [1.165, 1.54) is 18.4 Å². The predicted octanol–water partition coefficient (Wildman–Crippen LogP) is 3.96. The number of piperidine rings is 1. The van der Waals surface area contributed by atoms with Crippen LogP contribution in [0.1, 0.15) is 37.7 Å². The third-order valence-electron chi connectivity index (χ3n) is 5.67. The van der Waals surface area contributed by atoms with Gasteiger partial charge in [0.15, 0.2) is 0 Å². The molecule has 3 heterocycles. The number of hydrogen-bond donors (Lipinski definition) is 0. The highest BCUT2D eigenvalue weighted by Crippen LogP contribution is 2.32. The first-order valence-corrected chi connectivity index (χ1v) is 9.40. The molecule has 1 aromatic heterocycles. The number of rotatable bonds is 6. The minimum atomic E-state index is -4.01. The quantitative estimate of drug-likeness (QED) is 0.770. The molecule has 0 aromatic carbocycles. The predicted molar refractivity (Wildman–Crippen MR) is 92.1 cm³/mol. The molecule has 0 unspecified atom stereocenters. The van der Waals surface area contributed by atoms with Crippen molar-refractivity contribution in [3.63, 3.8) is 0 Å². The molecule has 25 heavy (non-hydrogen) atoms. The summed E-state index contributed by atoms with van der Waals surface area (Å²) in [7, 11) is 0. The maximum absolute atomic E-state index is 12.3. The normalized spacial score (nSPS) is 24.0. The molecule has 1 atom stereocenters. The Bertz CT molecular complexity index is 512. The summed E-state index contributed by atoms with van der Waals surface area (Å²) in [6.45, 7) is 5.75. The SMILES string of the molecule is FC(F)(F)CCCN1CC[C@@H](C2CCN(Cc3cccnc3)CC2)C1. The highest BCUT2D eigenvalue weighted by Gasteiger charge is 2.32. The topological polar surface area (TPSA) is 19.4 Å². The van der Waals surface area contributed by atoms with E-state index in [-0.39, 0.29) is 6.42 Å². The van der Waals surface area contributed by atoms with E-state index in [1.54, 1.807) is 6.20 Å². The fraction of sp³-hybridized carbons (Fsp3) is 0.737. The molecule has 2 saturated heterocycles. The molecule has 3 rings (SSSR count). The van der Waals surface area contributed by atoms with Crippen molar-refractivity contribution < 1.29 is 13.2 Å². The molecule has 2 aliphatic heterocycles. The molecule has 1 aromatic rings. The maximum atomic E-state index is 12.3. The molecule has 0 aliphatic carbocycles. The number of halogens is 3. The van der Waals surface area contributed by atoms with E-state index < -0.39 is 12.6 Å². The Morgan fingerprint density at radius 2 is 1.76 bits per heavy atom. The van der Waals surface area contributed by atoms with E-state index in [1.807, 2.05) is 12.3 Å². The van der Waals surface area contributed by atoms with Gasteiger partial charge in [-0.05, 0) is 75.3 Å². The van der Waals surface area contributed by atoms with E-state index in [2.05, 4.69) is 20.9 Å². The van der Waals surface area contributed by atoms with Crippen LogP contribution >= 0.6 is 0 Å². The van der Waals surface area contributed by atoms with Gasteiger partial charge in [0.25, 0.3) is 0 Å². The smallest absolute Gasteiger partial charge is 0.303 e. The molecule has 3 nitrogen and oxygen atoms in total. The van der Waals surface area contributed by atoms with Crippen LogP contribution in [0.25, 0.3) is 0 Å². The highest BCUT2D eigenvalue weighted by molar-refractivity contribution is 5.08. The van der Waals surface area contributed by atoms with Crippen molar-refractivity contribution in [1.82, 2.24) is 14.8 Å². The van der Waals surface area contributed by atoms with Crippen LogP contribution in [0.3, 0.4) is 0 Å². The van der Waals surface area contributed by atoms with Gasteiger partial charge in [-0.1, -0.05) is 6.07 Å². The monoisotopic (exact) mass is 355 g/mol. The molecule has 0 N–H and O–H groups in total. The molecule has 140 valence electrons. The summed E-state index contributed by atoms with van der Waals surface area (Å²) in [5.41, 5.74) is 1.26. The van der Waals surface area contributed by atoms with E-state index in [0.29, 0.717) is 12.5 Å². The fourth-order valence-corrected chi connectivity index (χ4v) is 4.29. The Balaban J connectivity index is 1.36. The number of nitrogens with zero attached hydrogens (tertiary/aromatic N) is 3. The summed E-state index contributed by atoms with van der Waals surface area (Å²) in [6.07, 6.45) is 2.88. The number of pyridine rings is 1. The zero-order valence-electron chi connectivity index (χ0n) is 14.7. The van der Waals surface area contributed by atoms with Gasteiger partial charge in [-0.15, -0.1) is 0 Å². The summed E-state index contributed by atoms with van der Waals surface area (Å²) in [4.78, 5) is 8.90. The molecular weight excluding hydrogens is 327 g/mol. The van der Waals surface area contributed by atoms with Crippen molar-refractivity contribution in [2.75, 3.05) is 32.7 Å². The van der Waals surface area contributed by atoms with Gasteiger partial charge in [0.1, 0.15) is 0 Å². The summed E-state index contributed by atoms with van der Waals surface area (Å²) in [5.74, 6) is 1.41. The van der Waals surface area contributed by atoms with Gasteiger partial charge in [-0.2, -0.15) is 13.2 Å². The second kappa shape index (κ2) is 8.49. The Hall–Kier alpha value is -1.14. The van der Waals surface area contributed by atoms with Gasteiger partial charge in [0.2, 0.25) is 0 Å². The van der Waals surface area contributed by atoms with Gasteiger partial charge < -0.3 is 4.90 Å². The third kappa shape index (κ3) is 5.96. The lowest BCUT2D eigenvalue weighted by atomic mass is 9.83. The maximum Gasteiger partial charge on any atom is 0.389 e. The second-order valence-corrected chi connectivity index (χ2v) is 7.54. The lowest BCUT2D eigenvalue weighted by molar-refractivity contribution is -0.136. The number of hydrogen-bond acceptors (Lipinski definition) is 3. The Kier molecular flexibility index (Phi) is 6.34. The zero-order valence-corrected chi connectivity index (χ0v) is 14.7. The summed E-state index contributed by atoms with van der Waals surface area (Å²) >= 11 is 0. The minimum Gasteiger partial charge on any atom is -0.303 e. The van der Waals surface area contributed by atoms with Gasteiger partial charge in [-0.25, -0.2) is 0 Å². The first-order chi connectivity index (χ1) is 12.0. The lowest BCUT2D eigenvalue weighted by Gasteiger charge is -2.35. The molecule has 0 radical (unpaired) electrons. The lowest BCUT2D eigenvalue weighted by Crippen LogP contribution is -2.36. The average Bonchev–Trinajstić information content (AvgIpc) is 3.04. The van der Waals surface area contributed by atoms with Crippen LogP contribution in [-0.2, 0) is 6.54 Å². The van der Waals surface area contributed by atoms with Crippen LogP contribution in [0, 0.1) is 11.8 Å². The fourth-order valence-electron chi connectivity index (χ4n) is 4.29. The van der Waals surface area contributed by atoms with Crippen LogP contribution < -0.4 is 0 Å². The van der Waals surface area contributed by atoms with Crippen LogP contribution in [0.4, 0.5) is 13.2 Å². The van der Waals surface area contributed by atoms with Crippen molar-refractivity contribution >= 4 is 0 Å². The first-order valence-electron chi connectivity index (χ1n) is 9.40. The average molecular weight is 355 g/mol. The van der Waals surface area contributed by atoms with Crippen molar-refractivity contribution in [1.29, 1.82) is 0 Å². The molecular formula is C19H28F3N3. The van der Waals surface area contributed by atoms with Gasteiger partial charge >= 0.3 is 6.18 Å². The molecule has 0 saturated carbocycles. The van der Waals surface area contributed by atoms with E-state index in [4.69, 9.17) is 0 Å². The first kappa shape index (κ1) is 18.6. The molecule has 0 amide bonds. The molecule has 2 fully saturated rings. The molecule has 6 heteroatoms. The second-order valence-electron chi connectivity index (χ2n) is 7.54. The summed E-state index contributed by atoms with van der Waals surface area (Å²) < 4.78 is 36.8. The van der Waals surface area contributed by atoms with Gasteiger partial charge in [-0.3, -0.25) is 9.88 Å². The van der Waals surface area contributed by atoms with Gasteiger partial charge in [0.05, 0.1) is 0 Å². The molecule has 2 aliphatic rings. The Morgan fingerprint density at radius 1 is 1.04 bits per heavy atom. The van der Waals surface area contributed by atoms with Gasteiger partial charge in [0, 0.05) is 31.9 Å². The van der Waals surface area contributed by atoms with Crippen LogP contribution in [0.5, 0.6) is 0 Å². The van der Waals surface area contributed by atoms with Crippen LogP contribution in [0.15, 0.2) is 24.5 Å². The number of likely N-dealkylation sites (tertiary alicyclic amines) is 2. The van der Waals surface area contributed by atoms with Crippen LogP contribution in [-0.4, -0.2) is 53.7 Å². The van der Waals surface area contributed by atoms with E-state index in [9.17, 15) is 13.2 Å². The standard InChI is InChI=1S/C19H28F3N3/c20-19(21,22)7-2-9-24-12-6-18(15-24)17-4-10-25(11-5-17)14-16-3-1-8-23-13-16/h1,3,8,13,17-18H,2,4-7,9-12,14-15H2/t18-/m1/s1. The Labute approximate surface area is 148 Å². The minimum absolute atomic E-state index is 0.236. The van der Waals surface area contributed by atoms with Crippen molar-refractivity contribution in [3.05, 3.63) is 30.1 Å². The molecule has 0 spiro atoms. The Morgan fingerprint density at radius 3 is 2.44 bits per heavy atom. The zero-order chi connectivity index (χ0) is 17.7. The summed E-state index contributed by atoms with van der Waals surface area (Å²) in [5, 5.41) is 0. The van der Waals surface area contributed by atoms with Crippen molar-refractivity contribution in [3.8, 4) is 0 Å². The van der Waals surface area contributed by atoms with Crippen molar-refractivity contribution in [2.45, 2.75) is 44.8 Å². The van der Waals surface area contributed by atoms with Crippen LogP contribution in [0.2, 0.25) is 0 Å². The van der Waals surface area contributed by atoms with E-state index >= 15 is 0 Å². The highest BCUT2D eigenvalue weighted by atomic mass is 19.4. The largest absolute Gasteiger partial charge is 0.389 e. The number of alkyl halides is 3. The van der Waals surface area contributed by atoms with E-state index in [0.717, 1.165) is 45.1 Å². The molecule has 0 bridgehead atoms. The third-order valence-corrected chi connectivity index (χ3v) is 5.67. The van der Waals surface area contributed by atoms with Crippen molar-refractivity contribution in [2.24, 2.45) is 11.8 Å².